The third-order valence-corrected chi connectivity index (χ3v) is 6.53. The molecule has 0 saturated heterocycles. The van der Waals surface area contributed by atoms with Gasteiger partial charge in [-0.3, -0.25) is 9.59 Å². The van der Waals surface area contributed by atoms with E-state index in [0.717, 1.165) is 5.56 Å². The molecule has 1 aromatic heterocycles. The van der Waals surface area contributed by atoms with Crippen molar-refractivity contribution in [2.24, 2.45) is 0 Å². The molecule has 1 aliphatic rings. The van der Waals surface area contributed by atoms with Crippen LogP contribution in [0.15, 0.2) is 64.0 Å². The quantitative estimate of drug-likeness (QED) is 0.228. The number of carbonyl (C=O) groups excluding carboxylic acids is 1. The van der Waals surface area contributed by atoms with Crippen LogP contribution in [0.2, 0.25) is 0 Å². The summed E-state index contributed by atoms with van der Waals surface area (Å²) in [6, 6.07) is 14.2. The third-order valence-electron chi connectivity index (χ3n) is 6.53. The zero-order chi connectivity index (χ0) is 27.0. The van der Waals surface area contributed by atoms with Crippen molar-refractivity contribution in [3.8, 4) is 39.9 Å². The first kappa shape index (κ1) is 25.2. The van der Waals surface area contributed by atoms with Crippen LogP contribution in [0.1, 0.15) is 37.3 Å². The predicted octanol–water partition coefficient (Wildman–Crippen LogP) is 5.71. The molecular formula is C30H28O8. The number of esters is 1. The van der Waals surface area contributed by atoms with Gasteiger partial charge in [-0.2, -0.15) is 0 Å². The molecule has 0 amide bonds. The second-order valence-corrected chi connectivity index (χ2v) is 9.21. The van der Waals surface area contributed by atoms with E-state index in [9.17, 15) is 9.59 Å². The van der Waals surface area contributed by atoms with E-state index in [1.165, 1.54) is 13.4 Å². The number of hydrogen-bond acceptors (Lipinski definition) is 8. The molecule has 0 aliphatic carbocycles. The molecule has 196 valence electrons. The van der Waals surface area contributed by atoms with Crippen molar-refractivity contribution in [1.82, 2.24) is 0 Å². The average Bonchev–Trinajstić information content (AvgIpc) is 2.92. The molecule has 2 heterocycles. The van der Waals surface area contributed by atoms with Gasteiger partial charge in [0.15, 0.2) is 11.5 Å². The summed E-state index contributed by atoms with van der Waals surface area (Å²) in [6.07, 6.45) is 1.46. The minimum absolute atomic E-state index is 0.0364. The van der Waals surface area contributed by atoms with Gasteiger partial charge < -0.3 is 28.1 Å². The number of hydrogen-bond donors (Lipinski definition) is 0. The molecule has 4 aromatic rings. The maximum absolute atomic E-state index is 13.8. The lowest BCUT2D eigenvalue weighted by atomic mass is 9.84. The zero-order valence-electron chi connectivity index (χ0n) is 21.8. The Bertz CT molecular complexity index is 1570. The average molecular weight is 517 g/mol. The Labute approximate surface area is 219 Å². The number of carbonyl (C=O) groups is 1. The van der Waals surface area contributed by atoms with Crippen molar-refractivity contribution >= 4 is 16.9 Å². The van der Waals surface area contributed by atoms with Crippen LogP contribution in [-0.4, -0.2) is 33.4 Å². The lowest BCUT2D eigenvalue weighted by Crippen LogP contribution is -2.22. The van der Waals surface area contributed by atoms with E-state index in [1.807, 2.05) is 32.0 Å². The molecule has 8 heteroatoms. The molecule has 1 atom stereocenters. The van der Waals surface area contributed by atoms with Crippen LogP contribution in [0.4, 0.5) is 0 Å². The normalized spacial score (nSPS) is 14.7. The molecule has 1 aliphatic heterocycles. The van der Waals surface area contributed by atoms with Crippen LogP contribution in [0.5, 0.6) is 28.7 Å². The summed E-state index contributed by atoms with van der Waals surface area (Å²) in [5, 5.41) is 0.272. The maximum Gasteiger partial charge on any atom is 0.312 e. The van der Waals surface area contributed by atoms with Crippen LogP contribution in [-0.2, 0) is 4.79 Å². The van der Waals surface area contributed by atoms with Crippen LogP contribution >= 0.6 is 0 Å². The van der Waals surface area contributed by atoms with Crippen molar-refractivity contribution in [1.29, 1.82) is 0 Å². The van der Waals surface area contributed by atoms with Gasteiger partial charge >= 0.3 is 5.97 Å². The summed E-state index contributed by atoms with van der Waals surface area (Å²) in [7, 11) is 4.60. The SMILES string of the molecule is COc1ccc(-c2coc3c4c(cc(OC)c3c2=O)OC(=O)C[C@H]4c2ccc(OC(C)C)c(OC)c2)cc1. The minimum Gasteiger partial charge on any atom is -0.497 e. The van der Waals surface area contributed by atoms with Gasteiger partial charge in [0.1, 0.15) is 34.5 Å². The van der Waals surface area contributed by atoms with Gasteiger partial charge in [0, 0.05) is 17.5 Å². The summed E-state index contributed by atoms with van der Waals surface area (Å²) in [5.74, 6) is 1.51. The second kappa shape index (κ2) is 10.1. The van der Waals surface area contributed by atoms with E-state index in [2.05, 4.69) is 0 Å². The van der Waals surface area contributed by atoms with E-state index >= 15 is 0 Å². The van der Waals surface area contributed by atoms with Gasteiger partial charge in [-0.25, -0.2) is 0 Å². The van der Waals surface area contributed by atoms with Crippen molar-refractivity contribution in [3.63, 3.8) is 0 Å². The van der Waals surface area contributed by atoms with E-state index in [4.69, 9.17) is 28.1 Å². The summed E-state index contributed by atoms with van der Waals surface area (Å²) < 4.78 is 33.9. The molecule has 3 aromatic carbocycles. The van der Waals surface area contributed by atoms with Gasteiger partial charge in [-0.05, 0) is 49.2 Å². The Balaban J connectivity index is 1.71. The molecule has 8 nitrogen and oxygen atoms in total. The van der Waals surface area contributed by atoms with E-state index < -0.39 is 11.9 Å². The lowest BCUT2D eigenvalue weighted by molar-refractivity contribution is -0.135. The predicted molar refractivity (Wildman–Crippen MR) is 142 cm³/mol. The van der Waals surface area contributed by atoms with E-state index in [1.54, 1.807) is 44.6 Å². The Morgan fingerprint density at radius 2 is 1.61 bits per heavy atom. The topological polar surface area (TPSA) is 93.4 Å². The van der Waals surface area contributed by atoms with Crippen LogP contribution in [0.25, 0.3) is 22.1 Å². The molecule has 0 fully saturated rings. The fraction of sp³-hybridized carbons (Fsp3) is 0.267. The highest BCUT2D eigenvalue weighted by Crippen LogP contribution is 2.47. The van der Waals surface area contributed by atoms with Crippen molar-refractivity contribution in [2.75, 3.05) is 21.3 Å². The zero-order valence-corrected chi connectivity index (χ0v) is 21.8. The van der Waals surface area contributed by atoms with Crippen LogP contribution in [0, 0.1) is 0 Å². The number of ether oxygens (including phenoxy) is 5. The van der Waals surface area contributed by atoms with Gasteiger partial charge in [0.25, 0.3) is 0 Å². The first-order chi connectivity index (χ1) is 18.3. The number of rotatable bonds is 7. The first-order valence-electron chi connectivity index (χ1n) is 12.2. The fourth-order valence-corrected chi connectivity index (χ4v) is 4.79. The maximum atomic E-state index is 13.8. The Morgan fingerprint density at radius 1 is 0.868 bits per heavy atom. The molecule has 0 bridgehead atoms. The molecule has 0 unspecified atom stereocenters. The number of fused-ring (bicyclic) bond motifs is 3. The van der Waals surface area contributed by atoms with E-state index in [-0.39, 0.29) is 34.8 Å². The summed E-state index contributed by atoms with van der Waals surface area (Å²) in [4.78, 5) is 26.4. The second-order valence-electron chi connectivity index (χ2n) is 9.21. The fourth-order valence-electron chi connectivity index (χ4n) is 4.79. The molecule has 0 N–H and O–H groups in total. The van der Waals surface area contributed by atoms with Crippen molar-refractivity contribution in [2.45, 2.75) is 32.3 Å². The largest absolute Gasteiger partial charge is 0.497 e. The lowest BCUT2D eigenvalue weighted by Gasteiger charge is -2.27. The number of benzene rings is 3. The molecule has 5 rings (SSSR count). The van der Waals surface area contributed by atoms with Gasteiger partial charge in [0.05, 0.1) is 39.4 Å². The van der Waals surface area contributed by atoms with E-state index in [0.29, 0.717) is 39.5 Å². The van der Waals surface area contributed by atoms with Gasteiger partial charge in [0.2, 0.25) is 5.43 Å². The highest BCUT2D eigenvalue weighted by atomic mass is 16.5. The molecule has 0 saturated carbocycles. The highest BCUT2D eigenvalue weighted by Gasteiger charge is 2.34. The minimum atomic E-state index is -0.448. The Kier molecular flexibility index (Phi) is 6.72. The standard InChI is InChI=1S/C30H28O8/c1-16(2)37-22-11-8-18(12-23(22)34-4)20-13-26(31)38-25-14-24(35-5)28-29(32)21(15-36-30(28)27(20)25)17-6-9-19(33-3)10-7-17/h6-12,14-16,20H,13H2,1-5H3/t20-/m0/s1. The van der Waals surface area contributed by atoms with Gasteiger partial charge in [-0.1, -0.05) is 18.2 Å². The first-order valence-corrected chi connectivity index (χ1v) is 12.2. The molecule has 0 radical (unpaired) electrons. The molecule has 38 heavy (non-hydrogen) atoms. The van der Waals surface area contributed by atoms with Gasteiger partial charge in [-0.15, -0.1) is 0 Å². The summed E-state index contributed by atoms with van der Waals surface area (Å²) >= 11 is 0. The monoisotopic (exact) mass is 516 g/mol. The smallest absolute Gasteiger partial charge is 0.312 e. The van der Waals surface area contributed by atoms with Crippen LogP contribution in [0.3, 0.4) is 0 Å². The third kappa shape index (κ3) is 4.42. The van der Waals surface area contributed by atoms with Crippen LogP contribution < -0.4 is 29.1 Å². The Hall–Kier alpha value is -4.46. The number of methoxy groups -OCH3 is 3. The van der Waals surface area contributed by atoms with Crippen molar-refractivity contribution < 1.29 is 32.9 Å². The highest BCUT2D eigenvalue weighted by molar-refractivity contribution is 5.94. The summed E-state index contributed by atoms with van der Waals surface area (Å²) in [6.45, 7) is 3.87. The molecule has 0 spiro atoms. The molecular weight excluding hydrogens is 488 g/mol. The Morgan fingerprint density at radius 3 is 2.26 bits per heavy atom. The summed E-state index contributed by atoms with van der Waals surface area (Å²) in [5.41, 5.74) is 2.49. The van der Waals surface area contributed by atoms with Crippen molar-refractivity contribution in [3.05, 3.63) is 76.1 Å².